The SMILES string of the molecule is CC(C)[C@@H](Sc1ncnc2sc3c(c12)CCC3)C(=O)N1CCOCC1. The molecule has 0 unspecified atom stereocenters. The predicted molar refractivity (Wildman–Crippen MR) is 101 cm³/mol. The lowest BCUT2D eigenvalue weighted by Crippen LogP contribution is -2.46. The van der Waals surface area contributed by atoms with Crippen molar-refractivity contribution in [3.63, 3.8) is 0 Å². The van der Waals surface area contributed by atoms with Crippen molar-refractivity contribution in [2.24, 2.45) is 5.92 Å². The lowest BCUT2D eigenvalue weighted by molar-refractivity contribution is -0.135. The van der Waals surface area contributed by atoms with Crippen LogP contribution in [-0.2, 0) is 22.4 Å². The number of aryl methyl sites for hydroxylation is 2. The summed E-state index contributed by atoms with van der Waals surface area (Å²) in [5.41, 5.74) is 1.42. The van der Waals surface area contributed by atoms with E-state index in [1.807, 2.05) is 4.90 Å². The molecule has 0 saturated carbocycles. The van der Waals surface area contributed by atoms with Crippen molar-refractivity contribution in [3.05, 3.63) is 16.8 Å². The smallest absolute Gasteiger partial charge is 0.236 e. The maximum atomic E-state index is 13.1. The minimum atomic E-state index is -0.117. The average Bonchev–Trinajstić information content (AvgIpc) is 3.20. The number of thiophene rings is 1. The number of morpholine rings is 1. The highest BCUT2D eigenvalue weighted by Gasteiger charge is 2.31. The number of fused-ring (bicyclic) bond motifs is 3. The molecule has 5 nitrogen and oxygen atoms in total. The lowest BCUT2D eigenvalue weighted by Gasteiger charge is -2.31. The molecule has 25 heavy (non-hydrogen) atoms. The standard InChI is InChI=1S/C18H23N3O2S2/c1-11(2)15(18(22)21-6-8-23-9-7-21)25-17-14-12-4-3-5-13(12)24-16(14)19-10-20-17/h10-11,15H,3-9H2,1-2H3/t15-/m1/s1. The number of carbonyl (C=O) groups is 1. The third-order valence-electron chi connectivity index (χ3n) is 4.88. The molecule has 4 rings (SSSR count). The van der Waals surface area contributed by atoms with E-state index in [9.17, 15) is 4.79 Å². The summed E-state index contributed by atoms with van der Waals surface area (Å²) in [6.07, 6.45) is 5.13. The van der Waals surface area contributed by atoms with Gasteiger partial charge in [-0.05, 0) is 30.7 Å². The van der Waals surface area contributed by atoms with Gasteiger partial charge in [0.1, 0.15) is 16.2 Å². The molecule has 2 aliphatic rings. The van der Waals surface area contributed by atoms with Gasteiger partial charge in [-0.2, -0.15) is 0 Å². The zero-order valence-electron chi connectivity index (χ0n) is 14.7. The second-order valence-electron chi connectivity index (χ2n) is 6.94. The summed E-state index contributed by atoms with van der Waals surface area (Å²) in [5, 5.41) is 2.06. The van der Waals surface area contributed by atoms with Gasteiger partial charge in [-0.1, -0.05) is 25.6 Å². The number of rotatable bonds is 4. The van der Waals surface area contributed by atoms with Crippen LogP contribution in [0.15, 0.2) is 11.4 Å². The van der Waals surface area contributed by atoms with Gasteiger partial charge in [-0.25, -0.2) is 9.97 Å². The van der Waals surface area contributed by atoms with Gasteiger partial charge >= 0.3 is 0 Å². The fourth-order valence-electron chi connectivity index (χ4n) is 3.54. The first-order chi connectivity index (χ1) is 12.1. The Morgan fingerprint density at radius 2 is 2.08 bits per heavy atom. The van der Waals surface area contributed by atoms with Crippen molar-refractivity contribution in [3.8, 4) is 0 Å². The molecule has 1 atom stereocenters. The van der Waals surface area contributed by atoms with Gasteiger partial charge in [-0.15, -0.1) is 11.3 Å². The highest BCUT2D eigenvalue weighted by molar-refractivity contribution is 8.00. The van der Waals surface area contributed by atoms with E-state index in [4.69, 9.17) is 4.74 Å². The summed E-state index contributed by atoms with van der Waals surface area (Å²) in [7, 11) is 0. The summed E-state index contributed by atoms with van der Waals surface area (Å²) in [5.74, 6) is 0.457. The van der Waals surface area contributed by atoms with Gasteiger partial charge in [0.2, 0.25) is 5.91 Å². The Morgan fingerprint density at radius 3 is 2.84 bits per heavy atom. The van der Waals surface area contributed by atoms with Crippen molar-refractivity contribution in [1.82, 2.24) is 14.9 Å². The van der Waals surface area contributed by atoms with E-state index in [0.717, 1.165) is 22.7 Å². The summed E-state index contributed by atoms with van der Waals surface area (Å²) >= 11 is 3.42. The quantitative estimate of drug-likeness (QED) is 0.605. The molecule has 0 aromatic carbocycles. The van der Waals surface area contributed by atoms with Crippen LogP contribution in [0.25, 0.3) is 10.2 Å². The molecule has 3 heterocycles. The van der Waals surface area contributed by atoms with Crippen molar-refractivity contribution < 1.29 is 9.53 Å². The normalized spacial score (nSPS) is 18.8. The number of carbonyl (C=O) groups excluding carboxylic acids is 1. The van der Waals surface area contributed by atoms with Gasteiger partial charge in [0.05, 0.1) is 18.5 Å². The number of ether oxygens (including phenoxy) is 1. The third-order valence-corrected chi connectivity index (χ3v) is 7.61. The fourth-order valence-corrected chi connectivity index (χ4v) is 6.05. The number of aromatic nitrogens is 2. The molecule has 2 aromatic heterocycles. The van der Waals surface area contributed by atoms with Gasteiger partial charge in [0, 0.05) is 23.4 Å². The molecule has 1 aliphatic carbocycles. The minimum absolute atomic E-state index is 0.117. The molecular formula is C18H23N3O2S2. The van der Waals surface area contributed by atoms with Crippen LogP contribution in [0.3, 0.4) is 0 Å². The lowest BCUT2D eigenvalue weighted by atomic mass is 10.1. The fraction of sp³-hybridized carbons (Fsp3) is 0.611. The molecule has 134 valence electrons. The number of nitrogens with zero attached hydrogens (tertiary/aromatic N) is 3. The van der Waals surface area contributed by atoms with Gasteiger partial charge in [0.15, 0.2) is 0 Å². The Kier molecular flexibility index (Phi) is 4.97. The zero-order valence-corrected chi connectivity index (χ0v) is 16.3. The number of thioether (sulfide) groups is 1. The van der Waals surface area contributed by atoms with E-state index in [0.29, 0.717) is 26.3 Å². The predicted octanol–water partition coefficient (Wildman–Crippen LogP) is 3.16. The maximum Gasteiger partial charge on any atom is 0.236 e. The van der Waals surface area contributed by atoms with Gasteiger partial charge in [-0.3, -0.25) is 4.79 Å². The number of amides is 1. The summed E-state index contributed by atoms with van der Waals surface area (Å²) in [6, 6.07) is 0. The van der Waals surface area contributed by atoms with E-state index < -0.39 is 0 Å². The van der Waals surface area contributed by atoms with Crippen LogP contribution in [0.2, 0.25) is 0 Å². The first-order valence-corrected chi connectivity index (χ1v) is 10.6. The summed E-state index contributed by atoms with van der Waals surface area (Å²) < 4.78 is 5.39. The van der Waals surface area contributed by atoms with Gasteiger partial charge in [0.25, 0.3) is 0 Å². The Labute approximate surface area is 156 Å². The zero-order chi connectivity index (χ0) is 17.4. The maximum absolute atomic E-state index is 13.1. The van der Waals surface area contributed by atoms with Crippen LogP contribution in [0, 0.1) is 5.92 Å². The largest absolute Gasteiger partial charge is 0.378 e. The van der Waals surface area contributed by atoms with Gasteiger partial charge < -0.3 is 9.64 Å². The van der Waals surface area contributed by atoms with Crippen LogP contribution < -0.4 is 0 Å². The minimum Gasteiger partial charge on any atom is -0.378 e. The Balaban J connectivity index is 1.64. The molecule has 0 bridgehead atoms. The highest BCUT2D eigenvalue weighted by atomic mass is 32.2. The monoisotopic (exact) mass is 377 g/mol. The van der Waals surface area contributed by atoms with Crippen LogP contribution >= 0.6 is 23.1 Å². The first-order valence-electron chi connectivity index (χ1n) is 8.93. The molecule has 1 fully saturated rings. The van der Waals surface area contributed by atoms with Crippen LogP contribution in [0.4, 0.5) is 0 Å². The number of hydrogen-bond acceptors (Lipinski definition) is 6. The van der Waals surface area contributed by atoms with Crippen molar-refractivity contribution >= 4 is 39.2 Å². The van der Waals surface area contributed by atoms with E-state index in [-0.39, 0.29) is 17.1 Å². The topological polar surface area (TPSA) is 55.3 Å². The number of hydrogen-bond donors (Lipinski definition) is 0. The molecule has 0 N–H and O–H groups in total. The average molecular weight is 378 g/mol. The van der Waals surface area contributed by atoms with Crippen LogP contribution in [0.1, 0.15) is 30.7 Å². The Bertz CT molecular complexity index is 784. The molecule has 1 saturated heterocycles. The second-order valence-corrected chi connectivity index (χ2v) is 9.15. The highest BCUT2D eigenvalue weighted by Crippen LogP contribution is 2.41. The third kappa shape index (κ3) is 3.29. The van der Waals surface area contributed by atoms with E-state index in [2.05, 4.69) is 23.8 Å². The first kappa shape index (κ1) is 17.2. The summed E-state index contributed by atoms with van der Waals surface area (Å²) in [6.45, 7) is 6.89. The second kappa shape index (κ2) is 7.21. The van der Waals surface area contributed by atoms with E-state index >= 15 is 0 Å². The van der Waals surface area contributed by atoms with E-state index in [1.54, 1.807) is 29.4 Å². The molecule has 2 aromatic rings. The molecule has 0 spiro atoms. The molecule has 7 heteroatoms. The van der Waals surface area contributed by atoms with Crippen LogP contribution in [0.5, 0.6) is 0 Å². The van der Waals surface area contributed by atoms with Crippen LogP contribution in [-0.4, -0.2) is 52.3 Å². The van der Waals surface area contributed by atoms with E-state index in [1.165, 1.54) is 22.2 Å². The van der Waals surface area contributed by atoms with Crippen molar-refractivity contribution in [2.45, 2.75) is 43.4 Å². The summed E-state index contributed by atoms with van der Waals surface area (Å²) in [4.78, 5) is 26.6. The molecule has 1 aliphatic heterocycles. The van der Waals surface area contributed by atoms with Crippen molar-refractivity contribution in [1.29, 1.82) is 0 Å². The molecule has 0 radical (unpaired) electrons. The van der Waals surface area contributed by atoms with Crippen molar-refractivity contribution in [2.75, 3.05) is 26.3 Å². The molecule has 1 amide bonds. The molecular weight excluding hydrogens is 354 g/mol. The Hall–Kier alpha value is -1.18. The Morgan fingerprint density at radius 1 is 1.28 bits per heavy atom.